The second kappa shape index (κ2) is 7.03. The fraction of sp³-hybridized carbons (Fsp3) is 0.471. The van der Waals surface area contributed by atoms with Gasteiger partial charge in [0.2, 0.25) is 0 Å². The maximum Gasteiger partial charge on any atom is 0.0975 e. The number of thiazole rings is 1. The second-order valence-electron chi connectivity index (χ2n) is 5.64. The fourth-order valence-electron chi connectivity index (χ4n) is 2.48. The van der Waals surface area contributed by atoms with Crippen LogP contribution in [0.4, 0.5) is 0 Å². The summed E-state index contributed by atoms with van der Waals surface area (Å²) in [4.78, 5) is 6.40. The lowest BCUT2D eigenvalue weighted by atomic mass is 10.1. The standard InChI is InChI=1S/C17H21BrN2S/c1-2-9-19-11-15-17(12-7-8-12)20-16(21-15)10-13-5-3-4-6-14(13)18/h3-6,12,19H,2,7-11H2,1H3. The van der Waals surface area contributed by atoms with Crippen molar-refractivity contribution in [3.63, 3.8) is 0 Å². The van der Waals surface area contributed by atoms with Crippen LogP contribution in [0.3, 0.4) is 0 Å². The molecular formula is C17H21BrN2S. The molecular weight excluding hydrogens is 344 g/mol. The molecule has 112 valence electrons. The molecule has 1 N–H and O–H groups in total. The first-order chi connectivity index (χ1) is 10.3. The number of aromatic nitrogens is 1. The predicted octanol–water partition coefficient (Wildman–Crippen LogP) is 4.87. The lowest BCUT2D eigenvalue weighted by Gasteiger charge is -2.02. The largest absolute Gasteiger partial charge is 0.312 e. The Bertz CT molecular complexity index is 605. The monoisotopic (exact) mass is 364 g/mol. The van der Waals surface area contributed by atoms with Gasteiger partial charge in [-0.3, -0.25) is 0 Å². The third-order valence-corrected chi connectivity index (χ3v) is 5.59. The lowest BCUT2D eigenvalue weighted by Crippen LogP contribution is -2.13. The Morgan fingerprint density at radius 3 is 2.86 bits per heavy atom. The first-order valence-corrected chi connectivity index (χ1v) is 9.31. The van der Waals surface area contributed by atoms with Crippen LogP contribution in [0, 0.1) is 0 Å². The van der Waals surface area contributed by atoms with E-state index >= 15 is 0 Å². The van der Waals surface area contributed by atoms with Gasteiger partial charge in [-0.25, -0.2) is 4.98 Å². The summed E-state index contributed by atoms with van der Waals surface area (Å²) in [6.45, 7) is 4.27. The number of hydrogen-bond donors (Lipinski definition) is 1. The molecule has 0 aliphatic heterocycles. The summed E-state index contributed by atoms with van der Waals surface area (Å²) in [5.74, 6) is 0.729. The van der Waals surface area contributed by atoms with Gasteiger partial charge in [0.1, 0.15) is 0 Å². The van der Waals surface area contributed by atoms with E-state index in [2.05, 4.69) is 52.4 Å². The summed E-state index contributed by atoms with van der Waals surface area (Å²) in [7, 11) is 0. The van der Waals surface area contributed by atoms with E-state index in [1.807, 2.05) is 11.3 Å². The van der Waals surface area contributed by atoms with Crippen LogP contribution in [0.1, 0.15) is 53.2 Å². The van der Waals surface area contributed by atoms with Gasteiger partial charge in [0.05, 0.1) is 10.7 Å². The predicted molar refractivity (Wildman–Crippen MR) is 93.0 cm³/mol. The molecule has 0 amide bonds. The molecule has 1 aromatic carbocycles. The highest BCUT2D eigenvalue weighted by atomic mass is 79.9. The van der Waals surface area contributed by atoms with Gasteiger partial charge < -0.3 is 5.32 Å². The van der Waals surface area contributed by atoms with E-state index in [-0.39, 0.29) is 0 Å². The van der Waals surface area contributed by atoms with Crippen molar-refractivity contribution >= 4 is 27.3 Å². The minimum Gasteiger partial charge on any atom is -0.312 e. The molecule has 3 rings (SSSR count). The average molecular weight is 365 g/mol. The van der Waals surface area contributed by atoms with Crippen molar-refractivity contribution in [2.24, 2.45) is 0 Å². The first kappa shape index (κ1) is 15.2. The molecule has 2 aromatic rings. The van der Waals surface area contributed by atoms with E-state index < -0.39 is 0 Å². The van der Waals surface area contributed by atoms with Gasteiger partial charge in [-0.1, -0.05) is 41.1 Å². The van der Waals surface area contributed by atoms with Gasteiger partial charge in [-0.15, -0.1) is 11.3 Å². The zero-order valence-electron chi connectivity index (χ0n) is 12.4. The zero-order valence-corrected chi connectivity index (χ0v) is 14.8. The van der Waals surface area contributed by atoms with Crippen LogP contribution in [-0.2, 0) is 13.0 Å². The quantitative estimate of drug-likeness (QED) is 0.708. The van der Waals surface area contributed by atoms with E-state index in [4.69, 9.17) is 4.98 Å². The summed E-state index contributed by atoms with van der Waals surface area (Å²) in [5, 5.41) is 4.77. The maximum atomic E-state index is 4.95. The lowest BCUT2D eigenvalue weighted by molar-refractivity contribution is 0.676. The van der Waals surface area contributed by atoms with Gasteiger partial charge >= 0.3 is 0 Å². The smallest absolute Gasteiger partial charge is 0.0975 e. The summed E-state index contributed by atoms with van der Waals surface area (Å²) in [6.07, 6.45) is 4.75. The molecule has 21 heavy (non-hydrogen) atoms. The first-order valence-electron chi connectivity index (χ1n) is 7.70. The normalized spacial score (nSPS) is 14.6. The van der Waals surface area contributed by atoms with E-state index in [0.29, 0.717) is 0 Å². The van der Waals surface area contributed by atoms with Crippen molar-refractivity contribution in [2.45, 2.75) is 45.1 Å². The van der Waals surface area contributed by atoms with Crippen LogP contribution in [0.2, 0.25) is 0 Å². The van der Waals surface area contributed by atoms with Crippen LogP contribution >= 0.6 is 27.3 Å². The van der Waals surface area contributed by atoms with Gasteiger partial charge in [0.15, 0.2) is 0 Å². The molecule has 0 atom stereocenters. The zero-order chi connectivity index (χ0) is 14.7. The third-order valence-electron chi connectivity index (χ3n) is 3.75. The summed E-state index contributed by atoms with van der Waals surface area (Å²) in [6, 6.07) is 8.44. The highest BCUT2D eigenvalue weighted by molar-refractivity contribution is 9.10. The van der Waals surface area contributed by atoms with E-state index in [0.717, 1.165) is 25.4 Å². The average Bonchev–Trinajstić information content (AvgIpc) is 3.25. The minimum absolute atomic E-state index is 0.729. The summed E-state index contributed by atoms with van der Waals surface area (Å²) in [5.41, 5.74) is 2.69. The number of halogens is 1. The highest BCUT2D eigenvalue weighted by Crippen LogP contribution is 2.43. The van der Waals surface area contributed by atoms with E-state index in [9.17, 15) is 0 Å². The topological polar surface area (TPSA) is 24.9 Å². The van der Waals surface area contributed by atoms with Crippen molar-refractivity contribution in [3.8, 4) is 0 Å². The highest BCUT2D eigenvalue weighted by Gasteiger charge is 2.29. The molecule has 1 saturated carbocycles. The van der Waals surface area contributed by atoms with Crippen molar-refractivity contribution < 1.29 is 0 Å². The Balaban J connectivity index is 1.76. The van der Waals surface area contributed by atoms with Crippen LogP contribution < -0.4 is 5.32 Å². The van der Waals surface area contributed by atoms with Crippen LogP contribution in [0.15, 0.2) is 28.7 Å². The molecule has 1 aliphatic rings. The Morgan fingerprint density at radius 2 is 2.14 bits per heavy atom. The minimum atomic E-state index is 0.729. The number of hydrogen-bond acceptors (Lipinski definition) is 3. The van der Waals surface area contributed by atoms with Crippen LogP contribution in [-0.4, -0.2) is 11.5 Å². The molecule has 1 aromatic heterocycles. The Labute approximate surface area is 139 Å². The maximum absolute atomic E-state index is 4.95. The molecule has 4 heteroatoms. The van der Waals surface area contributed by atoms with Gasteiger partial charge in [-0.05, 0) is 37.4 Å². The summed E-state index contributed by atoms with van der Waals surface area (Å²) >= 11 is 5.52. The third kappa shape index (κ3) is 3.93. The molecule has 1 aliphatic carbocycles. The van der Waals surface area contributed by atoms with Crippen molar-refractivity contribution in [3.05, 3.63) is 49.9 Å². The fourth-order valence-corrected chi connectivity index (χ4v) is 4.05. The summed E-state index contributed by atoms with van der Waals surface area (Å²) < 4.78 is 1.18. The van der Waals surface area contributed by atoms with Crippen molar-refractivity contribution in [1.82, 2.24) is 10.3 Å². The van der Waals surface area contributed by atoms with Gasteiger partial charge in [0, 0.05) is 28.2 Å². The molecule has 2 nitrogen and oxygen atoms in total. The number of nitrogens with one attached hydrogen (secondary N) is 1. The number of nitrogens with zero attached hydrogens (tertiary/aromatic N) is 1. The number of benzene rings is 1. The molecule has 0 radical (unpaired) electrons. The molecule has 0 saturated heterocycles. The van der Waals surface area contributed by atoms with Crippen LogP contribution in [0.25, 0.3) is 0 Å². The molecule has 1 fully saturated rings. The van der Waals surface area contributed by atoms with Gasteiger partial charge in [-0.2, -0.15) is 0 Å². The van der Waals surface area contributed by atoms with E-state index in [1.165, 1.54) is 44.9 Å². The van der Waals surface area contributed by atoms with Crippen molar-refractivity contribution in [1.29, 1.82) is 0 Å². The second-order valence-corrected chi connectivity index (χ2v) is 7.66. The Hall–Kier alpha value is -0.710. The molecule has 0 spiro atoms. The van der Waals surface area contributed by atoms with E-state index in [1.54, 1.807) is 0 Å². The van der Waals surface area contributed by atoms with Crippen LogP contribution in [0.5, 0.6) is 0 Å². The Morgan fingerprint density at radius 1 is 1.33 bits per heavy atom. The van der Waals surface area contributed by atoms with Gasteiger partial charge in [0.25, 0.3) is 0 Å². The number of rotatable bonds is 7. The Kier molecular flexibility index (Phi) is 5.09. The molecule has 1 heterocycles. The molecule has 0 bridgehead atoms. The molecule has 0 unspecified atom stereocenters. The van der Waals surface area contributed by atoms with Crippen molar-refractivity contribution in [2.75, 3.05) is 6.54 Å². The SMILES string of the molecule is CCCNCc1sc(Cc2ccccc2Br)nc1C1CC1.